The van der Waals surface area contributed by atoms with E-state index in [2.05, 4.69) is 0 Å². The summed E-state index contributed by atoms with van der Waals surface area (Å²) in [7, 11) is 0. The lowest BCUT2D eigenvalue weighted by molar-refractivity contribution is 0.186. The summed E-state index contributed by atoms with van der Waals surface area (Å²) in [5.41, 5.74) is 0. The van der Waals surface area contributed by atoms with E-state index in [1.165, 1.54) is 0 Å². The summed E-state index contributed by atoms with van der Waals surface area (Å²) in [6.45, 7) is 0.250. The molecule has 0 rings (SSSR count). The lowest BCUT2D eigenvalue weighted by Crippen LogP contribution is -1.85. The van der Waals surface area contributed by atoms with Gasteiger partial charge in [-0.3, -0.25) is 0 Å². The van der Waals surface area contributed by atoms with Crippen molar-refractivity contribution >= 4 is 0 Å². The fraction of sp³-hybridized carbons (Fsp3) is 1.00. The zero-order valence-electron chi connectivity index (χ0n) is 6.74. The van der Waals surface area contributed by atoms with Crippen LogP contribution in [0.2, 0.25) is 0 Å². The van der Waals surface area contributed by atoms with Gasteiger partial charge in [0.1, 0.15) is 0 Å². The molecule has 0 fully saturated rings. The van der Waals surface area contributed by atoms with Crippen molar-refractivity contribution in [3.8, 4) is 0 Å². The molecule has 0 amide bonds. The summed E-state index contributed by atoms with van der Waals surface area (Å²) in [6, 6.07) is 0. The second kappa shape index (κ2) is 16.4. The first kappa shape index (κ1) is 13.4. The van der Waals surface area contributed by atoms with Crippen molar-refractivity contribution in [2.24, 2.45) is 0 Å². The highest BCUT2D eigenvalue weighted by atomic mass is 16.3. The lowest BCUT2D eigenvalue weighted by Gasteiger charge is -1.90. The van der Waals surface area contributed by atoms with Crippen LogP contribution in [0.25, 0.3) is 0 Å². The van der Waals surface area contributed by atoms with Crippen molar-refractivity contribution in [1.29, 1.82) is 0 Å². The Morgan fingerprint density at radius 3 is 1.00 bits per heavy atom. The minimum atomic E-state index is -0.125. The molecular weight excluding hydrogens is 148 g/mol. The highest BCUT2D eigenvalue weighted by Crippen LogP contribution is 1.90. The topological polar surface area (TPSA) is 80.9 Å². The Hall–Kier alpha value is -0.160. The molecule has 0 unspecified atom stereocenters. The SMILES string of the molecule is OCCCCCO.OCCO. The van der Waals surface area contributed by atoms with E-state index >= 15 is 0 Å². The zero-order chi connectivity index (χ0) is 8.95. The summed E-state index contributed by atoms with van der Waals surface area (Å²) < 4.78 is 0. The average Bonchev–Trinajstić information content (AvgIpc) is 2.06. The predicted molar refractivity (Wildman–Crippen MR) is 42.2 cm³/mol. The first-order valence-electron chi connectivity index (χ1n) is 3.76. The summed E-state index contributed by atoms with van der Waals surface area (Å²) >= 11 is 0. The van der Waals surface area contributed by atoms with Gasteiger partial charge >= 0.3 is 0 Å². The molecule has 11 heavy (non-hydrogen) atoms. The van der Waals surface area contributed by atoms with Gasteiger partial charge in [-0.25, -0.2) is 0 Å². The van der Waals surface area contributed by atoms with Crippen LogP contribution in [0.1, 0.15) is 19.3 Å². The normalized spacial score (nSPS) is 8.73. The van der Waals surface area contributed by atoms with E-state index in [-0.39, 0.29) is 26.4 Å². The maximum Gasteiger partial charge on any atom is 0.0662 e. The van der Waals surface area contributed by atoms with Crippen LogP contribution >= 0.6 is 0 Å². The fourth-order valence-corrected chi connectivity index (χ4v) is 0.400. The molecule has 0 aromatic heterocycles. The standard InChI is InChI=1S/C5H12O2.C2H6O2/c6-4-2-1-3-5-7;3-1-2-4/h6-7H,1-5H2;3-4H,1-2H2. The van der Waals surface area contributed by atoms with Crippen molar-refractivity contribution in [3.05, 3.63) is 0 Å². The maximum atomic E-state index is 8.21. The van der Waals surface area contributed by atoms with E-state index in [9.17, 15) is 0 Å². The van der Waals surface area contributed by atoms with Crippen LogP contribution in [0.5, 0.6) is 0 Å². The molecule has 0 saturated carbocycles. The molecule has 0 aliphatic heterocycles. The van der Waals surface area contributed by atoms with Gasteiger partial charge in [-0.15, -0.1) is 0 Å². The Balaban J connectivity index is 0. The monoisotopic (exact) mass is 166 g/mol. The smallest absolute Gasteiger partial charge is 0.0662 e. The number of rotatable bonds is 5. The summed E-state index contributed by atoms with van der Waals surface area (Å²) in [6.07, 6.45) is 2.58. The molecule has 0 atom stereocenters. The third-order valence-electron chi connectivity index (χ3n) is 0.916. The Kier molecular flexibility index (Phi) is 20.1. The van der Waals surface area contributed by atoms with Crippen molar-refractivity contribution in [2.45, 2.75) is 19.3 Å². The summed E-state index contributed by atoms with van der Waals surface area (Å²) in [5, 5.41) is 31.7. The molecule has 4 heteroatoms. The van der Waals surface area contributed by atoms with Crippen LogP contribution in [-0.4, -0.2) is 46.9 Å². The molecule has 0 aromatic carbocycles. The minimum absolute atomic E-state index is 0.125. The van der Waals surface area contributed by atoms with Crippen molar-refractivity contribution in [3.63, 3.8) is 0 Å². The molecule has 0 aliphatic carbocycles. The van der Waals surface area contributed by atoms with E-state index in [4.69, 9.17) is 20.4 Å². The summed E-state index contributed by atoms with van der Waals surface area (Å²) in [4.78, 5) is 0. The van der Waals surface area contributed by atoms with Crippen LogP contribution in [0.4, 0.5) is 0 Å². The van der Waals surface area contributed by atoms with E-state index in [1.54, 1.807) is 0 Å². The Morgan fingerprint density at radius 1 is 0.455 bits per heavy atom. The lowest BCUT2D eigenvalue weighted by atomic mass is 10.2. The molecule has 0 spiro atoms. The van der Waals surface area contributed by atoms with E-state index in [0.717, 1.165) is 19.3 Å². The Morgan fingerprint density at radius 2 is 0.818 bits per heavy atom. The van der Waals surface area contributed by atoms with Crippen molar-refractivity contribution in [2.75, 3.05) is 26.4 Å². The van der Waals surface area contributed by atoms with Crippen molar-refractivity contribution in [1.82, 2.24) is 0 Å². The highest BCUT2D eigenvalue weighted by Gasteiger charge is 1.81. The van der Waals surface area contributed by atoms with Gasteiger partial charge in [0.2, 0.25) is 0 Å². The first-order chi connectivity index (χ1) is 5.33. The van der Waals surface area contributed by atoms with Gasteiger partial charge in [0.25, 0.3) is 0 Å². The van der Waals surface area contributed by atoms with Crippen LogP contribution in [0.15, 0.2) is 0 Å². The largest absolute Gasteiger partial charge is 0.396 e. The first-order valence-corrected chi connectivity index (χ1v) is 3.76. The molecule has 0 bridgehead atoms. The van der Waals surface area contributed by atoms with Crippen LogP contribution in [0.3, 0.4) is 0 Å². The number of aliphatic hydroxyl groups excluding tert-OH is 4. The molecule has 0 aliphatic rings. The third-order valence-corrected chi connectivity index (χ3v) is 0.916. The Labute approximate surface area is 67.1 Å². The molecule has 0 aromatic rings. The summed E-state index contributed by atoms with van der Waals surface area (Å²) in [5.74, 6) is 0. The number of hydrogen-bond acceptors (Lipinski definition) is 4. The number of aliphatic hydroxyl groups is 4. The van der Waals surface area contributed by atoms with Gasteiger partial charge in [-0.05, 0) is 19.3 Å². The van der Waals surface area contributed by atoms with Crippen LogP contribution in [0, 0.1) is 0 Å². The van der Waals surface area contributed by atoms with Gasteiger partial charge in [0, 0.05) is 13.2 Å². The molecule has 0 saturated heterocycles. The van der Waals surface area contributed by atoms with Gasteiger partial charge < -0.3 is 20.4 Å². The molecule has 4 N–H and O–H groups in total. The van der Waals surface area contributed by atoms with Gasteiger partial charge in [-0.1, -0.05) is 0 Å². The van der Waals surface area contributed by atoms with Crippen molar-refractivity contribution < 1.29 is 20.4 Å². The average molecular weight is 166 g/mol. The maximum absolute atomic E-state index is 8.21. The zero-order valence-corrected chi connectivity index (χ0v) is 6.74. The van der Waals surface area contributed by atoms with E-state index in [1.807, 2.05) is 0 Å². The third kappa shape index (κ3) is 25.8. The Bertz CT molecular complexity index is 43.7. The fourth-order valence-electron chi connectivity index (χ4n) is 0.400. The number of hydrogen-bond donors (Lipinski definition) is 4. The van der Waals surface area contributed by atoms with E-state index in [0.29, 0.717) is 0 Å². The molecule has 4 nitrogen and oxygen atoms in total. The number of unbranched alkanes of at least 4 members (excludes halogenated alkanes) is 2. The van der Waals surface area contributed by atoms with Gasteiger partial charge in [0.15, 0.2) is 0 Å². The minimum Gasteiger partial charge on any atom is -0.396 e. The molecular formula is C7H18O4. The molecule has 0 radical (unpaired) electrons. The predicted octanol–water partition coefficient (Wildman–Crippen LogP) is -0.888. The molecule has 0 heterocycles. The highest BCUT2D eigenvalue weighted by molar-refractivity contribution is 4.35. The quantitative estimate of drug-likeness (QED) is 0.399. The van der Waals surface area contributed by atoms with Gasteiger partial charge in [-0.2, -0.15) is 0 Å². The van der Waals surface area contributed by atoms with Gasteiger partial charge in [0.05, 0.1) is 13.2 Å². The second-order valence-corrected chi connectivity index (χ2v) is 1.96. The van der Waals surface area contributed by atoms with Crippen LogP contribution in [-0.2, 0) is 0 Å². The second-order valence-electron chi connectivity index (χ2n) is 1.96. The van der Waals surface area contributed by atoms with E-state index < -0.39 is 0 Å². The van der Waals surface area contributed by atoms with Crippen LogP contribution < -0.4 is 0 Å². The molecule has 70 valence electrons.